The first kappa shape index (κ1) is 22.4. The fourth-order valence-corrected chi connectivity index (χ4v) is 5.09. The zero-order valence-electron chi connectivity index (χ0n) is 19.3. The van der Waals surface area contributed by atoms with Crippen LogP contribution in [0.15, 0.2) is 60.9 Å². The van der Waals surface area contributed by atoms with Crippen molar-refractivity contribution in [2.24, 2.45) is 0 Å². The van der Waals surface area contributed by atoms with E-state index in [0.29, 0.717) is 17.2 Å². The van der Waals surface area contributed by atoms with Gasteiger partial charge in [0.05, 0.1) is 18.1 Å². The number of carbonyl (C=O) groups is 1. The van der Waals surface area contributed by atoms with Crippen LogP contribution in [0.5, 0.6) is 11.5 Å². The summed E-state index contributed by atoms with van der Waals surface area (Å²) in [5, 5.41) is 0.822. The number of ether oxygens (including phenoxy) is 3. The predicted octanol–water partition coefficient (Wildman–Crippen LogP) is 4.93. The number of esters is 1. The van der Waals surface area contributed by atoms with Gasteiger partial charge in [0.25, 0.3) is 0 Å². The average Bonchev–Trinajstić information content (AvgIpc) is 3.48. The van der Waals surface area contributed by atoms with Crippen LogP contribution in [0.1, 0.15) is 28.1 Å². The van der Waals surface area contributed by atoms with Crippen LogP contribution in [0.25, 0.3) is 16.0 Å². The van der Waals surface area contributed by atoms with E-state index in [1.54, 1.807) is 6.33 Å². The number of imidazole rings is 1. The lowest BCUT2D eigenvalue weighted by Crippen LogP contribution is -2.35. The van der Waals surface area contributed by atoms with E-state index in [-0.39, 0.29) is 6.10 Å². The Morgan fingerprint density at radius 2 is 1.91 bits per heavy atom. The maximum Gasteiger partial charge on any atom is 0.351 e. The molecule has 0 saturated carbocycles. The normalized spacial score (nSPS) is 14.9. The molecule has 0 radical (unpaired) electrons. The highest BCUT2D eigenvalue weighted by Crippen LogP contribution is 2.35. The van der Waals surface area contributed by atoms with Crippen molar-refractivity contribution in [3.05, 3.63) is 71.4 Å². The Labute approximate surface area is 202 Å². The highest BCUT2D eigenvalue weighted by molar-refractivity contribution is 7.16. The van der Waals surface area contributed by atoms with Gasteiger partial charge in [0.15, 0.2) is 4.88 Å². The van der Waals surface area contributed by atoms with Crippen LogP contribution in [0.4, 0.5) is 0 Å². The van der Waals surface area contributed by atoms with E-state index in [0.717, 1.165) is 53.3 Å². The molecule has 0 bridgehead atoms. The molecule has 0 N–H and O–H groups in total. The monoisotopic (exact) mass is 477 g/mol. The smallest absolute Gasteiger partial charge is 0.351 e. The summed E-state index contributed by atoms with van der Waals surface area (Å²) < 4.78 is 19.3. The molecular weight excluding hydrogens is 450 g/mol. The zero-order valence-corrected chi connectivity index (χ0v) is 20.1. The highest BCUT2D eigenvalue weighted by atomic mass is 32.1. The summed E-state index contributed by atoms with van der Waals surface area (Å²) in [6, 6.07) is 17.7. The molecule has 34 heavy (non-hydrogen) atoms. The number of likely N-dealkylation sites (tertiary alicyclic amines) is 1. The molecule has 1 aliphatic heterocycles. The molecule has 1 saturated heterocycles. The summed E-state index contributed by atoms with van der Waals surface area (Å²) >= 11 is 1.32. The third kappa shape index (κ3) is 4.78. The maximum absolute atomic E-state index is 12.5. The number of rotatable bonds is 7. The van der Waals surface area contributed by atoms with Crippen LogP contribution in [-0.4, -0.2) is 53.8 Å². The molecule has 8 heteroatoms. The van der Waals surface area contributed by atoms with Gasteiger partial charge in [-0.1, -0.05) is 30.3 Å². The van der Waals surface area contributed by atoms with Gasteiger partial charge < -0.3 is 19.1 Å². The SMILES string of the molecule is COC(=O)c1sc(-n2cnc3ccc(OC4CCN(C)CC4)cc32)cc1OCc1ccccc1. The van der Waals surface area contributed by atoms with E-state index < -0.39 is 5.97 Å². The Morgan fingerprint density at radius 1 is 1.12 bits per heavy atom. The van der Waals surface area contributed by atoms with Crippen molar-refractivity contribution in [1.29, 1.82) is 0 Å². The minimum Gasteiger partial charge on any atom is -0.490 e. The van der Waals surface area contributed by atoms with Gasteiger partial charge in [0.1, 0.15) is 35.5 Å². The number of piperidine rings is 1. The van der Waals surface area contributed by atoms with Crippen molar-refractivity contribution >= 4 is 28.3 Å². The second kappa shape index (κ2) is 9.87. The standard InChI is InChI=1S/C26H27N3O4S/c1-28-12-10-19(11-13-28)33-20-8-9-21-22(14-20)29(17-27-21)24-15-23(25(34-24)26(30)31-2)32-16-18-6-4-3-5-7-18/h3-9,14-15,17,19H,10-13,16H2,1-2H3. The molecule has 2 aromatic heterocycles. The lowest BCUT2D eigenvalue weighted by atomic mass is 10.1. The van der Waals surface area contributed by atoms with Gasteiger partial charge in [-0.15, -0.1) is 11.3 Å². The zero-order chi connectivity index (χ0) is 23.5. The van der Waals surface area contributed by atoms with E-state index >= 15 is 0 Å². The molecule has 0 atom stereocenters. The van der Waals surface area contributed by atoms with Crippen molar-refractivity contribution in [1.82, 2.24) is 14.5 Å². The van der Waals surface area contributed by atoms with Gasteiger partial charge in [-0.05, 0) is 37.6 Å². The summed E-state index contributed by atoms with van der Waals surface area (Å²) in [6.45, 7) is 2.45. The van der Waals surface area contributed by atoms with Gasteiger partial charge in [0, 0.05) is 25.2 Å². The fraction of sp³-hybridized carbons (Fsp3) is 0.308. The number of benzene rings is 2. The second-order valence-corrected chi connectivity index (χ2v) is 9.46. The summed E-state index contributed by atoms with van der Waals surface area (Å²) in [5.74, 6) is 0.903. The minimum absolute atomic E-state index is 0.218. The predicted molar refractivity (Wildman–Crippen MR) is 132 cm³/mol. The van der Waals surface area contributed by atoms with Crippen molar-refractivity contribution in [2.45, 2.75) is 25.6 Å². The molecule has 0 amide bonds. The first-order valence-electron chi connectivity index (χ1n) is 11.3. The van der Waals surface area contributed by atoms with Crippen LogP contribution in [-0.2, 0) is 11.3 Å². The van der Waals surface area contributed by atoms with Crippen molar-refractivity contribution in [3.63, 3.8) is 0 Å². The molecule has 5 rings (SSSR count). The second-order valence-electron chi connectivity index (χ2n) is 8.43. The molecule has 0 aliphatic carbocycles. The Balaban J connectivity index is 1.42. The van der Waals surface area contributed by atoms with E-state index in [2.05, 4.69) is 16.9 Å². The van der Waals surface area contributed by atoms with Crippen LogP contribution in [0.2, 0.25) is 0 Å². The largest absolute Gasteiger partial charge is 0.490 e. The number of thiophene rings is 1. The van der Waals surface area contributed by atoms with Crippen LogP contribution >= 0.6 is 11.3 Å². The molecule has 0 spiro atoms. The van der Waals surface area contributed by atoms with E-state index in [1.165, 1.54) is 18.4 Å². The molecule has 0 unspecified atom stereocenters. The Kier molecular flexibility index (Phi) is 6.51. The molecule has 4 aromatic rings. The molecule has 3 heterocycles. The number of hydrogen-bond acceptors (Lipinski definition) is 7. The van der Waals surface area contributed by atoms with Crippen LogP contribution in [0.3, 0.4) is 0 Å². The summed E-state index contributed by atoms with van der Waals surface area (Å²) in [7, 11) is 3.52. The molecule has 1 fully saturated rings. The molecule has 2 aromatic carbocycles. The molecule has 1 aliphatic rings. The Hall–Kier alpha value is -3.36. The number of nitrogens with zero attached hydrogens (tertiary/aromatic N) is 3. The Morgan fingerprint density at radius 3 is 2.68 bits per heavy atom. The van der Waals surface area contributed by atoms with Gasteiger partial charge >= 0.3 is 5.97 Å². The number of methoxy groups -OCH3 is 1. The van der Waals surface area contributed by atoms with Gasteiger partial charge in [-0.3, -0.25) is 4.57 Å². The van der Waals surface area contributed by atoms with E-state index in [4.69, 9.17) is 14.2 Å². The summed E-state index contributed by atoms with van der Waals surface area (Å²) in [5.41, 5.74) is 2.79. The van der Waals surface area contributed by atoms with Gasteiger partial charge in [0.2, 0.25) is 0 Å². The van der Waals surface area contributed by atoms with Crippen molar-refractivity contribution in [2.75, 3.05) is 27.2 Å². The quantitative estimate of drug-likeness (QED) is 0.352. The summed E-state index contributed by atoms with van der Waals surface area (Å²) in [4.78, 5) is 19.7. The highest BCUT2D eigenvalue weighted by Gasteiger charge is 2.21. The van der Waals surface area contributed by atoms with E-state index in [9.17, 15) is 4.79 Å². The molecule has 7 nitrogen and oxygen atoms in total. The number of hydrogen-bond donors (Lipinski definition) is 0. The molecule has 176 valence electrons. The van der Waals surface area contributed by atoms with Crippen LogP contribution in [0, 0.1) is 0 Å². The Bertz CT molecular complexity index is 1280. The van der Waals surface area contributed by atoms with Gasteiger partial charge in [-0.25, -0.2) is 9.78 Å². The third-order valence-corrected chi connectivity index (χ3v) is 7.11. The van der Waals surface area contributed by atoms with E-state index in [1.807, 2.05) is 59.2 Å². The lowest BCUT2D eigenvalue weighted by Gasteiger charge is -2.29. The topological polar surface area (TPSA) is 65.8 Å². The van der Waals surface area contributed by atoms with Crippen molar-refractivity contribution < 1.29 is 19.0 Å². The van der Waals surface area contributed by atoms with Gasteiger partial charge in [-0.2, -0.15) is 0 Å². The number of carbonyl (C=O) groups excluding carboxylic acids is 1. The first-order chi connectivity index (χ1) is 16.6. The first-order valence-corrected chi connectivity index (χ1v) is 12.1. The number of fused-ring (bicyclic) bond motifs is 1. The summed E-state index contributed by atoms with van der Waals surface area (Å²) in [6.07, 6.45) is 4.01. The average molecular weight is 478 g/mol. The third-order valence-electron chi connectivity index (χ3n) is 6.02. The minimum atomic E-state index is -0.421. The maximum atomic E-state index is 12.5. The lowest BCUT2D eigenvalue weighted by molar-refractivity contribution is 0.0601. The molecular formula is C26H27N3O4S. The van der Waals surface area contributed by atoms with Crippen molar-refractivity contribution in [3.8, 4) is 16.5 Å². The number of aromatic nitrogens is 2. The van der Waals surface area contributed by atoms with Crippen LogP contribution < -0.4 is 9.47 Å². The fourth-order valence-electron chi connectivity index (χ4n) is 4.09.